The predicted octanol–water partition coefficient (Wildman–Crippen LogP) is 8.26. The van der Waals surface area contributed by atoms with Crippen LogP contribution in [0.4, 0.5) is 18.9 Å². The van der Waals surface area contributed by atoms with Gasteiger partial charge in [-0.25, -0.2) is 4.99 Å². The van der Waals surface area contributed by atoms with Gasteiger partial charge in [0.2, 0.25) is 6.29 Å². The van der Waals surface area contributed by atoms with Crippen LogP contribution >= 0.6 is 23.5 Å². The van der Waals surface area contributed by atoms with Gasteiger partial charge in [-0.1, -0.05) is 74.4 Å². The molecule has 13 heteroatoms. The first-order valence-corrected chi connectivity index (χ1v) is 16.4. The van der Waals surface area contributed by atoms with Gasteiger partial charge >= 0.3 is 6.18 Å². The Bertz CT molecular complexity index is 1160. The largest absolute Gasteiger partial charge is 0.468 e. The monoisotopic (exact) mass is 640 g/mol. The molecule has 236 valence electrons. The molecule has 4 unspecified atom stereocenters. The first-order valence-electron chi connectivity index (χ1n) is 14.1. The van der Waals surface area contributed by atoms with Gasteiger partial charge in [-0.15, -0.1) is 11.8 Å². The van der Waals surface area contributed by atoms with Crippen molar-refractivity contribution in [3.63, 3.8) is 0 Å². The molecule has 6 atom stereocenters. The van der Waals surface area contributed by atoms with Crippen molar-refractivity contribution >= 4 is 35.1 Å². The summed E-state index contributed by atoms with van der Waals surface area (Å²) in [7, 11) is 0. The number of nitrogens with zero attached hydrogens (tertiary/aromatic N) is 4. The number of rotatable bonds is 16. The van der Waals surface area contributed by atoms with Crippen molar-refractivity contribution in [3.05, 3.63) is 76.7 Å². The van der Waals surface area contributed by atoms with Gasteiger partial charge in [0.25, 0.3) is 5.90 Å². The van der Waals surface area contributed by atoms with Crippen molar-refractivity contribution in [2.24, 2.45) is 27.9 Å². The van der Waals surface area contributed by atoms with E-state index in [2.05, 4.69) is 21.9 Å². The maximum absolute atomic E-state index is 14.1. The molecule has 0 saturated carbocycles. The summed E-state index contributed by atoms with van der Waals surface area (Å²) < 4.78 is 66.0. The van der Waals surface area contributed by atoms with Gasteiger partial charge in [0.15, 0.2) is 0 Å². The zero-order chi connectivity index (χ0) is 31.1. The molecule has 0 aromatic heterocycles. The third-order valence-corrected chi connectivity index (χ3v) is 9.32. The number of para-hydroxylation sites is 1. The molecule has 0 N–H and O–H groups in total. The summed E-state index contributed by atoms with van der Waals surface area (Å²) in [4.78, 5) is 6.51. The minimum absolute atomic E-state index is 0.0718. The average molecular weight is 641 g/mol. The van der Waals surface area contributed by atoms with Crippen LogP contribution in [0.3, 0.4) is 0 Å². The van der Waals surface area contributed by atoms with E-state index in [-0.39, 0.29) is 30.7 Å². The molecule has 1 fully saturated rings. The molecule has 2 aromatic carbocycles. The zero-order valence-corrected chi connectivity index (χ0v) is 26.2. The van der Waals surface area contributed by atoms with Crippen molar-refractivity contribution in [2.75, 3.05) is 36.3 Å². The Balaban J connectivity index is 1.64. The van der Waals surface area contributed by atoms with E-state index < -0.39 is 30.6 Å². The number of halogens is 3. The Morgan fingerprint density at radius 2 is 1.70 bits per heavy atom. The van der Waals surface area contributed by atoms with Crippen molar-refractivity contribution < 1.29 is 32.1 Å². The summed E-state index contributed by atoms with van der Waals surface area (Å²) in [6.07, 6.45) is -7.46. The summed E-state index contributed by atoms with van der Waals surface area (Å²) in [5, 5.41) is 3.53. The van der Waals surface area contributed by atoms with E-state index in [0.717, 1.165) is 22.8 Å². The summed E-state index contributed by atoms with van der Waals surface area (Å²) in [6.45, 7) is 6.95. The van der Waals surface area contributed by atoms with Gasteiger partial charge in [0.05, 0.1) is 30.9 Å². The lowest BCUT2D eigenvalue weighted by Gasteiger charge is -2.44. The van der Waals surface area contributed by atoms with Crippen LogP contribution in [0, 0.1) is 17.8 Å². The minimum Gasteiger partial charge on any atom is -0.441 e. The molecule has 1 saturated heterocycles. The second kappa shape index (κ2) is 18.4. The third kappa shape index (κ3) is 12.2. The second-order valence-corrected chi connectivity index (χ2v) is 12.5. The maximum Gasteiger partial charge on any atom is 0.468 e. The van der Waals surface area contributed by atoms with Crippen LogP contribution in [0.5, 0.6) is 0 Å². The molecule has 2 aromatic rings. The zero-order valence-electron chi connectivity index (χ0n) is 24.6. The highest BCUT2D eigenvalue weighted by atomic mass is 32.2. The predicted molar refractivity (Wildman–Crippen MR) is 166 cm³/mol. The van der Waals surface area contributed by atoms with Crippen LogP contribution in [0.2, 0.25) is 0 Å². The molecular formula is C30H39F3N4O4S2. The van der Waals surface area contributed by atoms with E-state index in [1.54, 1.807) is 41.7 Å². The van der Waals surface area contributed by atoms with Gasteiger partial charge in [-0.05, 0) is 58.2 Å². The fourth-order valence-electron chi connectivity index (χ4n) is 4.38. The summed E-state index contributed by atoms with van der Waals surface area (Å²) in [5.41, 5.74) is 9.35. The highest BCUT2D eigenvalue weighted by molar-refractivity contribution is 8.00. The van der Waals surface area contributed by atoms with Gasteiger partial charge in [-0.2, -0.15) is 24.9 Å². The summed E-state index contributed by atoms with van der Waals surface area (Å²) in [6, 6.07) is 17.3. The van der Waals surface area contributed by atoms with Crippen LogP contribution in [0.1, 0.15) is 26.3 Å². The van der Waals surface area contributed by atoms with E-state index in [4.69, 9.17) is 24.5 Å². The molecule has 0 radical (unpaired) electrons. The summed E-state index contributed by atoms with van der Waals surface area (Å²) >= 11 is 3.39. The number of thioether (sulfide) groups is 2. The fourth-order valence-corrected chi connectivity index (χ4v) is 6.26. The minimum atomic E-state index is -4.84. The molecule has 1 heterocycles. The molecule has 8 nitrogen and oxygen atoms in total. The lowest BCUT2D eigenvalue weighted by Crippen LogP contribution is -2.54. The van der Waals surface area contributed by atoms with Gasteiger partial charge in [0.1, 0.15) is 6.10 Å². The van der Waals surface area contributed by atoms with Crippen molar-refractivity contribution in [3.8, 4) is 0 Å². The van der Waals surface area contributed by atoms with E-state index in [1.807, 2.05) is 44.2 Å². The van der Waals surface area contributed by atoms with Gasteiger partial charge in [-0.3, -0.25) is 0 Å². The molecule has 0 amide bonds. The van der Waals surface area contributed by atoms with Crippen LogP contribution < -0.4 is 0 Å². The topological polar surface area (TPSA) is 98.0 Å². The Kier molecular flexibility index (Phi) is 15.0. The Morgan fingerprint density at radius 1 is 1.02 bits per heavy atom. The fraction of sp³-hybridized carbons (Fsp3) is 0.567. The van der Waals surface area contributed by atoms with Crippen molar-refractivity contribution in [2.45, 2.75) is 52.1 Å². The SMILES string of the molecule is CC(CSCCN=[N+]=[N-])CSCOCC1OC(O/C(=N/c2ccccc2)C(F)(F)F)C(OCc2ccccc2)[C@@H](C)[C@@H]1C. The Hall–Kier alpha value is -2.41. The van der Waals surface area contributed by atoms with E-state index in [1.165, 1.54) is 12.1 Å². The van der Waals surface area contributed by atoms with Crippen LogP contribution in [-0.4, -0.2) is 66.9 Å². The molecule has 3 rings (SSSR count). The maximum atomic E-state index is 14.1. The smallest absolute Gasteiger partial charge is 0.441 e. The Labute approximate surface area is 259 Å². The van der Waals surface area contributed by atoms with Gasteiger partial charge < -0.3 is 18.9 Å². The van der Waals surface area contributed by atoms with Crippen molar-refractivity contribution in [1.82, 2.24) is 0 Å². The summed E-state index contributed by atoms with van der Waals surface area (Å²) in [5.74, 6) is 1.84. The number of alkyl halides is 3. The number of benzene rings is 2. The lowest BCUT2D eigenvalue weighted by molar-refractivity contribution is -0.270. The number of aliphatic imine (C=N–C) groups is 1. The first-order chi connectivity index (χ1) is 20.7. The quantitative estimate of drug-likeness (QED) is 0.0349. The van der Waals surface area contributed by atoms with E-state index >= 15 is 0 Å². The molecule has 1 aliphatic heterocycles. The van der Waals surface area contributed by atoms with Crippen LogP contribution in [-0.2, 0) is 25.6 Å². The Morgan fingerprint density at radius 3 is 2.37 bits per heavy atom. The second-order valence-electron chi connectivity index (χ2n) is 10.4. The lowest BCUT2D eigenvalue weighted by atomic mass is 9.83. The number of hydrogen-bond acceptors (Lipinski definition) is 8. The van der Waals surface area contributed by atoms with Crippen molar-refractivity contribution in [1.29, 1.82) is 0 Å². The van der Waals surface area contributed by atoms with Crippen LogP contribution in [0.25, 0.3) is 10.4 Å². The highest BCUT2D eigenvalue weighted by Crippen LogP contribution is 2.36. The third-order valence-electron chi connectivity index (χ3n) is 6.91. The molecule has 0 aliphatic carbocycles. The number of ether oxygens (including phenoxy) is 4. The molecule has 0 spiro atoms. The molecule has 0 bridgehead atoms. The number of azide groups is 1. The van der Waals surface area contributed by atoms with Crippen LogP contribution in [0.15, 0.2) is 70.8 Å². The van der Waals surface area contributed by atoms with Gasteiger partial charge in [0, 0.05) is 11.5 Å². The number of hydrogen-bond donors (Lipinski definition) is 0. The average Bonchev–Trinajstić information content (AvgIpc) is 2.99. The normalized spacial score (nSPS) is 23.4. The molecule has 1 aliphatic rings. The van der Waals surface area contributed by atoms with E-state index in [0.29, 0.717) is 18.4 Å². The van der Waals surface area contributed by atoms with E-state index in [9.17, 15) is 13.2 Å². The highest BCUT2D eigenvalue weighted by Gasteiger charge is 2.48. The first kappa shape index (κ1) is 35.1. The standard InChI is InChI=1S/C30H39F3N4O4S2/c1-21(18-42-15-14-35-37-34)19-43-20-38-17-26-22(2)23(3)27(39-16-24-10-6-4-7-11-24)28(40-26)41-29(30(31,32)33)36-25-12-8-5-9-13-25/h4-13,21-23,26-28H,14-20H2,1-3H3/b36-29+/t21?,22-,23-,26?,27?,28?/m0/s1. The molecular weight excluding hydrogens is 601 g/mol. The molecule has 43 heavy (non-hydrogen) atoms.